The first-order valence-corrected chi connectivity index (χ1v) is 8.34. The van der Waals surface area contributed by atoms with Crippen LogP contribution in [0.3, 0.4) is 0 Å². The van der Waals surface area contributed by atoms with Crippen LogP contribution in [0.2, 0.25) is 5.02 Å². The molecule has 6 heteroatoms. The third-order valence-corrected chi connectivity index (χ3v) is 4.06. The number of benzene rings is 1. The lowest BCUT2D eigenvalue weighted by molar-refractivity contribution is 0.0595. The number of hydrogen-bond donors (Lipinski definition) is 0. The maximum absolute atomic E-state index is 12.5. The van der Waals surface area contributed by atoms with E-state index in [1.165, 1.54) is 0 Å². The standard InChI is InChI=1S/C18H19ClN2O3/c1-2-23-16-8-9-21(12-16)18(22)17-7-6-15(11-20-17)24-14-5-3-4-13(19)10-14/h3-7,10-11,16H,2,8-9,12H2,1H3/t16-/m0/s1. The van der Waals surface area contributed by atoms with Crippen LogP contribution in [-0.4, -0.2) is 41.6 Å². The molecule has 0 N–H and O–H groups in total. The summed E-state index contributed by atoms with van der Waals surface area (Å²) in [7, 11) is 0. The van der Waals surface area contributed by atoms with E-state index >= 15 is 0 Å². The highest BCUT2D eigenvalue weighted by Gasteiger charge is 2.27. The number of nitrogens with zero attached hydrogens (tertiary/aromatic N) is 2. The van der Waals surface area contributed by atoms with E-state index < -0.39 is 0 Å². The van der Waals surface area contributed by atoms with Crippen molar-refractivity contribution in [1.82, 2.24) is 9.88 Å². The Hall–Kier alpha value is -2.11. The van der Waals surface area contributed by atoms with Crippen molar-refractivity contribution >= 4 is 17.5 Å². The van der Waals surface area contributed by atoms with Crippen LogP contribution in [-0.2, 0) is 4.74 Å². The van der Waals surface area contributed by atoms with Gasteiger partial charge in [0.25, 0.3) is 5.91 Å². The summed E-state index contributed by atoms with van der Waals surface area (Å²) in [5.41, 5.74) is 0.408. The minimum atomic E-state index is -0.0773. The molecule has 0 unspecified atom stereocenters. The molecule has 1 aromatic heterocycles. The molecule has 2 aromatic rings. The zero-order valence-electron chi connectivity index (χ0n) is 13.4. The van der Waals surface area contributed by atoms with Gasteiger partial charge in [0.1, 0.15) is 17.2 Å². The lowest BCUT2D eigenvalue weighted by Gasteiger charge is -2.16. The molecule has 2 heterocycles. The maximum atomic E-state index is 12.5. The largest absolute Gasteiger partial charge is 0.456 e. The number of rotatable bonds is 5. The molecule has 0 radical (unpaired) electrons. The lowest BCUT2D eigenvalue weighted by Crippen LogP contribution is -2.30. The predicted octanol–water partition coefficient (Wildman–Crippen LogP) is 3.78. The van der Waals surface area contributed by atoms with Gasteiger partial charge in [-0.3, -0.25) is 4.79 Å². The van der Waals surface area contributed by atoms with Crippen molar-refractivity contribution < 1.29 is 14.3 Å². The second-order valence-electron chi connectivity index (χ2n) is 5.56. The van der Waals surface area contributed by atoms with Crippen LogP contribution >= 0.6 is 11.6 Å². The minimum Gasteiger partial charge on any atom is -0.456 e. The number of ether oxygens (including phenoxy) is 2. The second-order valence-corrected chi connectivity index (χ2v) is 5.99. The zero-order chi connectivity index (χ0) is 16.9. The quantitative estimate of drug-likeness (QED) is 0.826. The van der Waals surface area contributed by atoms with Crippen molar-refractivity contribution in [2.45, 2.75) is 19.4 Å². The van der Waals surface area contributed by atoms with Gasteiger partial charge in [-0.1, -0.05) is 17.7 Å². The monoisotopic (exact) mass is 346 g/mol. The van der Waals surface area contributed by atoms with Gasteiger partial charge in [0.05, 0.1) is 12.3 Å². The molecule has 0 bridgehead atoms. The number of pyridine rings is 1. The van der Waals surface area contributed by atoms with Crippen molar-refractivity contribution in [3.05, 3.63) is 53.3 Å². The van der Waals surface area contributed by atoms with Crippen LogP contribution < -0.4 is 4.74 Å². The van der Waals surface area contributed by atoms with Gasteiger partial charge in [0.15, 0.2) is 0 Å². The van der Waals surface area contributed by atoms with Crippen LogP contribution in [0.15, 0.2) is 42.6 Å². The van der Waals surface area contributed by atoms with Gasteiger partial charge in [0.2, 0.25) is 0 Å². The van der Waals surface area contributed by atoms with E-state index in [0.29, 0.717) is 41.9 Å². The van der Waals surface area contributed by atoms with Gasteiger partial charge < -0.3 is 14.4 Å². The zero-order valence-corrected chi connectivity index (χ0v) is 14.2. The molecule has 3 rings (SSSR count). The SMILES string of the molecule is CCO[C@H]1CCN(C(=O)c2ccc(Oc3cccc(Cl)c3)cn2)C1. The predicted molar refractivity (Wildman–Crippen MR) is 91.7 cm³/mol. The molecule has 0 aliphatic carbocycles. The molecule has 1 aliphatic heterocycles. The molecule has 1 aromatic carbocycles. The van der Waals surface area contributed by atoms with Crippen molar-refractivity contribution in [3.8, 4) is 11.5 Å². The first-order chi connectivity index (χ1) is 11.7. The third-order valence-electron chi connectivity index (χ3n) is 3.82. The summed E-state index contributed by atoms with van der Waals surface area (Å²) in [6.45, 7) is 3.95. The number of halogens is 1. The van der Waals surface area contributed by atoms with Gasteiger partial charge in [-0.15, -0.1) is 0 Å². The van der Waals surface area contributed by atoms with Crippen molar-refractivity contribution in [2.75, 3.05) is 19.7 Å². The minimum absolute atomic E-state index is 0.0773. The van der Waals surface area contributed by atoms with Gasteiger partial charge >= 0.3 is 0 Å². The van der Waals surface area contributed by atoms with E-state index in [0.717, 1.165) is 6.42 Å². The molecule has 1 aliphatic rings. The first kappa shape index (κ1) is 16.7. The molecule has 1 atom stereocenters. The molecule has 1 amide bonds. The number of aromatic nitrogens is 1. The summed E-state index contributed by atoms with van der Waals surface area (Å²) < 4.78 is 11.2. The molecular formula is C18H19ClN2O3. The van der Waals surface area contributed by atoms with E-state index in [1.54, 1.807) is 35.4 Å². The summed E-state index contributed by atoms with van der Waals surface area (Å²) in [5.74, 6) is 1.11. The number of likely N-dealkylation sites (tertiary alicyclic amines) is 1. The molecule has 5 nitrogen and oxygen atoms in total. The van der Waals surface area contributed by atoms with E-state index in [2.05, 4.69) is 4.98 Å². The van der Waals surface area contributed by atoms with Gasteiger partial charge in [-0.25, -0.2) is 4.98 Å². The summed E-state index contributed by atoms with van der Waals surface area (Å²) in [6, 6.07) is 10.5. The summed E-state index contributed by atoms with van der Waals surface area (Å²) >= 11 is 5.93. The Morgan fingerprint density at radius 2 is 2.21 bits per heavy atom. The fraction of sp³-hybridized carbons (Fsp3) is 0.333. The Morgan fingerprint density at radius 3 is 2.92 bits per heavy atom. The van der Waals surface area contributed by atoms with Gasteiger partial charge in [0, 0.05) is 24.7 Å². The van der Waals surface area contributed by atoms with E-state index in [1.807, 2.05) is 19.1 Å². The smallest absolute Gasteiger partial charge is 0.272 e. The number of carbonyl (C=O) groups excluding carboxylic acids is 1. The molecule has 126 valence electrons. The average molecular weight is 347 g/mol. The van der Waals surface area contributed by atoms with Crippen LogP contribution in [0, 0.1) is 0 Å². The van der Waals surface area contributed by atoms with Crippen molar-refractivity contribution in [1.29, 1.82) is 0 Å². The number of amides is 1. The highest BCUT2D eigenvalue weighted by atomic mass is 35.5. The molecule has 0 saturated carbocycles. The Balaban J connectivity index is 1.63. The Kier molecular flexibility index (Phi) is 5.33. The summed E-state index contributed by atoms with van der Waals surface area (Å²) in [5, 5.41) is 0.602. The number of carbonyl (C=O) groups is 1. The van der Waals surface area contributed by atoms with Crippen LogP contribution in [0.25, 0.3) is 0 Å². The summed E-state index contributed by atoms with van der Waals surface area (Å²) in [6.07, 6.45) is 2.55. The second kappa shape index (κ2) is 7.64. The molecule has 1 fully saturated rings. The molecule has 1 saturated heterocycles. The highest BCUT2D eigenvalue weighted by Crippen LogP contribution is 2.24. The normalized spacial score (nSPS) is 17.1. The summed E-state index contributed by atoms with van der Waals surface area (Å²) in [4.78, 5) is 18.5. The third kappa shape index (κ3) is 4.04. The van der Waals surface area contributed by atoms with Crippen LogP contribution in [0.5, 0.6) is 11.5 Å². The highest BCUT2D eigenvalue weighted by molar-refractivity contribution is 6.30. The number of hydrogen-bond acceptors (Lipinski definition) is 4. The Bertz CT molecular complexity index is 706. The van der Waals surface area contributed by atoms with Crippen LogP contribution in [0.1, 0.15) is 23.8 Å². The average Bonchev–Trinajstić information content (AvgIpc) is 3.04. The van der Waals surface area contributed by atoms with E-state index in [4.69, 9.17) is 21.1 Å². The van der Waals surface area contributed by atoms with Gasteiger partial charge in [-0.2, -0.15) is 0 Å². The maximum Gasteiger partial charge on any atom is 0.272 e. The lowest BCUT2D eigenvalue weighted by atomic mass is 10.3. The molecule has 24 heavy (non-hydrogen) atoms. The van der Waals surface area contributed by atoms with Crippen molar-refractivity contribution in [2.24, 2.45) is 0 Å². The molecule has 0 spiro atoms. The van der Waals surface area contributed by atoms with Crippen LogP contribution in [0.4, 0.5) is 0 Å². The Labute approximate surface area is 146 Å². The van der Waals surface area contributed by atoms with Crippen molar-refractivity contribution in [3.63, 3.8) is 0 Å². The Morgan fingerprint density at radius 1 is 1.33 bits per heavy atom. The molecular weight excluding hydrogens is 328 g/mol. The topological polar surface area (TPSA) is 51.7 Å². The van der Waals surface area contributed by atoms with E-state index in [-0.39, 0.29) is 12.0 Å². The fourth-order valence-electron chi connectivity index (χ4n) is 2.68. The first-order valence-electron chi connectivity index (χ1n) is 7.96. The van der Waals surface area contributed by atoms with Gasteiger partial charge in [-0.05, 0) is 43.7 Å². The fourth-order valence-corrected chi connectivity index (χ4v) is 2.86. The van der Waals surface area contributed by atoms with E-state index in [9.17, 15) is 4.79 Å².